The Morgan fingerprint density at radius 3 is 1.00 bits per heavy atom. The van der Waals surface area contributed by atoms with Crippen molar-refractivity contribution in [2.45, 2.75) is 94.7 Å². The molecule has 1 aliphatic carbocycles. The summed E-state index contributed by atoms with van der Waals surface area (Å²) in [6.07, 6.45) is 20.5. The molecule has 0 amide bonds. The van der Waals surface area contributed by atoms with Gasteiger partial charge >= 0.3 is 0 Å². The lowest BCUT2D eigenvalue weighted by atomic mass is 10.1. The molecule has 0 bridgehead atoms. The molecule has 0 nitrogen and oxygen atoms in total. The second-order valence-electron chi connectivity index (χ2n) is 5.42. The van der Waals surface area contributed by atoms with Gasteiger partial charge in [-0.1, -0.05) is 93.0 Å². The summed E-state index contributed by atoms with van der Waals surface area (Å²) in [7, 11) is 0. The highest BCUT2D eigenvalue weighted by molar-refractivity contribution is 9.09. The van der Waals surface area contributed by atoms with E-state index in [0.717, 1.165) is 4.83 Å². The van der Waals surface area contributed by atoms with Crippen LogP contribution in [0.3, 0.4) is 0 Å². The molecule has 1 saturated carbocycles. The van der Waals surface area contributed by atoms with Crippen LogP contribution >= 0.6 is 15.9 Å². The number of alkyl halides is 1. The van der Waals surface area contributed by atoms with Crippen LogP contribution in [0.5, 0.6) is 0 Å². The summed E-state index contributed by atoms with van der Waals surface area (Å²) in [6.45, 7) is 0. The monoisotopic (exact) mass is 288 g/mol. The molecule has 0 radical (unpaired) electrons. The Morgan fingerprint density at radius 2 is 0.688 bits per heavy atom. The average Bonchev–Trinajstić information content (AvgIpc) is 2.29. The zero-order valence-electron chi connectivity index (χ0n) is 10.9. The Bertz CT molecular complexity index is 128. The lowest BCUT2D eigenvalue weighted by Crippen LogP contribution is -1.97. The fourth-order valence-electron chi connectivity index (χ4n) is 2.64. The highest BCUT2D eigenvalue weighted by Crippen LogP contribution is 2.20. The van der Waals surface area contributed by atoms with Gasteiger partial charge in [-0.3, -0.25) is 0 Å². The van der Waals surface area contributed by atoms with Crippen molar-refractivity contribution in [3.8, 4) is 0 Å². The van der Waals surface area contributed by atoms with Crippen LogP contribution in [0.25, 0.3) is 0 Å². The van der Waals surface area contributed by atoms with E-state index in [9.17, 15) is 0 Å². The first-order valence-corrected chi connectivity index (χ1v) is 8.45. The summed E-state index contributed by atoms with van der Waals surface area (Å²) < 4.78 is 0. The van der Waals surface area contributed by atoms with Gasteiger partial charge in [-0.15, -0.1) is 0 Å². The first-order chi connectivity index (χ1) is 7.89. The summed E-state index contributed by atoms with van der Waals surface area (Å²) in [4.78, 5) is 0.803. The molecule has 0 spiro atoms. The van der Waals surface area contributed by atoms with Gasteiger partial charge in [-0.2, -0.15) is 0 Å². The van der Waals surface area contributed by atoms with Crippen molar-refractivity contribution in [3.05, 3.63) is 0 Å². The molecule has 0 atom stereocenters. The van der Waals surface area contributed by atoms with Crippen LogP contribution in [0.2, 0.25) is 0 Å². The second-order valence-corrected chi connectivity index (χ2v) is 6.71. The van der Waals surface area contributed by atoms with Crippen molar-refractivity contribution >= 4 is 15.9 Å². The van der Waals surface area contributed by atoms with Crippen molar-refractivity contribution in [3.63, 3.8) is 0 Å². The standard InChI is InChI=1S/C15H29Br/c16-15-13-11-9-7-5-3-1-2-4-6-8-10-12-14-15/h15H,1-14H2. The summed E-state index contributed by atoms with van der Waals surface area (Å²) in [5.74, 6) is 0. The van der Waals surface area contributed by atoms with Crippen LogP contribution < -0.4 is 0 Å². The molecular formula is C15H29Br. The Hall–Kier alpha value is 0.480. The summed E-state index contributed by atoms with van der Waals surface area (Å²) in [5, 5.41) is 0. The molecule has 1 aliphatic rings. The maximum Gasteiger partial charge on any atom is 0.0145 e. The third kappa shape index (κ3) is 8.61. The molecule has 1 rings (SSSR count). The highest BCUT2D eigenvalue weighted by Gasteiger charge is 2.04. The van der Waals surface area contributed by atoms with Gasteiger partial charge in [0.25, 0.3) is 0 Å². The van der Waals surface area contributed by atoms with Crippen molar-refractivity contribution in [2.24, 2.45) is 0 Å². The van der Waals surface area contributed by atoms with Crippen molar-refractivity contribution in [1.82, 2.24) is 0 Å². The second kappa shape index (κ2) is 10.6. The van der Waals surface area contributed by atoms with E-state index in [-0.39, 0.29) is 0 Å². The molecule has 0 heterocycles. The molecule has 1 fully saturated rings. The molecule has 0 aromatic rings. The molecule has 0 aromatic heterocycles. The van der Waals surface area contributed by atoms with E-state index in [2.05, 4.69) is 15.9 Å². The third-order valence-electron chi connectivity index (χ3n) is 3.78. The van der Waals surface area contributed by atoms with Gasteiger partial charge in [0.2, 0.25) is 0 Å². The van der Waals surface area contributed by atoms with Crippen molar-refractivity contribution in [1.29, 1.82) is 0 Å². The van der Waals surface area contributed by atoms with Gasteiger partial charge in [0, 0.05) is 4.83 Å². The van der Waals surface area contributed by atoms with Crippen LogP contribution in [0, 0.1) is 0 Å². The van der Waals surface area contributed by atoms with Gasteiger partial charge in [0.05, 0.1) is 0 Å². The topological polar surface area (TPSA) is 0 Å². The molecule has 0 aliphatic heterocycles. The number of rotatable bonds is 0. The Labute approximate surface area is 111 Å². The molecule has 16 heavy (non-hydrogen) atoms. The van der Waals surface area contributed by atoms with E-state index in [1.54, 1.807) is 0 Å². The molecule has 0 saturated heterocycles. The average molecular weight is 289 g/mol. The van der Waals surface area contributed by atoms with Gasteiger partial charge in [0.15, 0.2) is 0 Å². The fourth-order valence-corrected chi connectivity index (χ4v) is 3.29. The Morgan fingerprint density at radius 1 is 0.438 bits per heavy atom. The predicted octanol–water partition coefficient (Wildman–Crippen LogP) is 6.22. The minimum atomic E-state index is 0.803. The van der Waals surface area contributed by atoms with Crippen LogP contribution in [-0.2, 0) is 0 Å². The van der Waals surface area contributed by atoms with Gasteiger partial charge < -0.3 is 0 Å². The van der Waals surface area contributed by atoms with Gasteiger partial charge in [0.1, 0.15) is 0 Å². The molecular weight excluding hydrogens is 260 g/mol. The van der Waals surface area contributed by atoms with Crippen molar-refractivity contribution in [2.75, 3.05) is 0 Å². The maximum absolute atomic E-state index is 3.83. The minimum Gasteiger partial charge on any atom is -0.0891 e. The fraction of sp³-hybridized carbons (Fsp3) is 1.00. The van der Waals surface area contributed by atoms with E-state index in [4.69, 9.17) is 0 Å². The van der Waals surface area contributed by atoms with E-state index < -0.39 is 0 Å². The molecule has 0 unspecified atom stereocenters. The zero-order chi connectivity index (χ0) is 11.5. The lowest BCUT2D eigenvalue weighted by molar-refractivity contribution is 0.548. The van der Waals surface area contributed by atoms with Crippen LogP contribution in [-0.4, -0.2) is 4.83 Å². The molecule has 0 N–H and O–H groups in total. The Balaban J connectivity index is 2.10. The van der Waals surface area contributed by atoms with Gasteiger partial charge in [-0.25, -0.2) is 0 Å². The normalized spacial score (nSPS) is 24.6. The third-order valence-corrected chi connectivity index (χ3v) is 4.70. The van der Waals surface area contributed by atoms with E-state index in [0.29, 0.717) is 0 Å². The first-order valence-electron chi connectivity index (χ1n) is 7.53. The highest BCUT2D eigenvalue weighted by atomic mass is 79.9. The largest absolute Gasteiger partial charge is 0.0891 e. The van der Waals surface area contributed by atoms with E-state index in [1.165, 1.54) is 89.9 Å². The number of halogens is 1. The SMILES string of the molecule is BrC1CCCCCCCCCCCCCC1. The van der Waals surface area contributed by atoms with Crippen LogP contribution in [0.15, 0.2) is 0 Å². The van der Waals surface area contributed by atoms with Crippen LogP contribution in [0.4, 0.5) is 0 Å². The molecule has 1 heteroatoms. The maximum atomic E-state index is 3.83. The molecule has 0 aromatic carbocycles. The summed E-state index contributed by atoms with van der Waals surface area (Å²) >= 11 is 3.83. The quantitative estimate of drug-likeness (QED) is 0.464. The molecule has 96 valence electrons. The van der Waals surface area contributed by atoms with E-state index >= 15 is 0 Å². The summed E-state index contributed by atoms with van der Waals surface area (Å²) in [6, 6.07) is 0. The number of hydrogen-bond acceptors (Lipinski definition) is 0. The predicted molar refractivity (Wildman–Crippen MR) is 77.4 cm³/mol. The first kappa shape index (κ1) is 14.5. The van der Waals surface area contributed by atoms with Crippen molar-refractivity contribution < 1.29 is 0 Å². The smallest absolute Gasteiger partial charge is 0.0145 e. The summed E-state index contributed by atoms with van der Waals surface area (Å²) in [5.41, 5.74) is 0. The minimum absolute atomic E-state index is 0.803. The van der Waals surface area contributed by atoms with Crippen LogP contribution in [0.1, 0.15) is 89.9 Å². The Kier molecular flexibility index (Phi) is 9.65. The van der Waals surface area contributed by atoms with Gasteiger partial charge in [-0.05, 0) is 12.8 Å². The zero-order valence-corrected chi connectivity index (χ0v) is 12.4. The number of hydrogen-bond donors (Lipinski definition) is 0. The van der Waals surface area contributed by atoms with E-state index in [1.807, 2.05) is 0 Å². The lowest BCUT2D eigenvalue weighted by Gasteiger charge is -2.09.